The first-order valence-electron chi connectivity index (χ1n) is 9.78. The van der Waals surface area contributed by atoms with E-state index in [2.05, 4.69) is 12.2 Å². The van der Waals surface area contributed by atoms with Gasteiger partial charge in [-0.25, -0.2) is 0 Å². The molecule has 0 bridgehead atoms. The van der Waals surface area contributed by atoms with E-state index in [9.17, 15) is 4.79 Å². The van der Waals surface area contributed by atoms with E-state index in [-0.39, 0.29) is 24.4 Å². The Balaban J connectivity index is 0.00000300. The van der Waals surface area contributed by atoms with Crippen LogP contribution in [-0.4, -0.2) is 56.3 Å². The van der Waals surface area contributed by atoms with Gasteiger partial charge in [0.25, 0.3) is 5.91 Å². The molecule has 0 radical (unpaired) electrons. The Hall–Kier alpha value is -2.44. The van der Waals surface area contributed by atoms with Crippen molar-refractivity contribution in [3.8, 4) is 17.2 Å². The summed E-state index contributed by atoms with van der Waals surface area (Å²) >= 11 is 0. The van der Waals surface area contributed by atoms with E-state index in [0.29, 0.717) is 43.4 Å². The minimum Gasteiger partial charge on any atom is -0.490 e. The van der Waals surface area contributed by atoms with Crippen LogP contribution >= 0.6 is 12.4 Å². The molecule has 1 N–H and O–H groups in total. The van der Waals surface area contributed by atoms with E-state index in [1.54, 1.807) is 18.2 Å². The predicted octanol–water partition coefficient (Wildman–Crippen LogP) is 3.40. The Morgan fingerprint density at radius 1 is 1.07 bits per heavy atom. The van der Waals surface area contributed by atoms with Crippen molar-refractivity contribution in [2.24, 2.45) is 0 Å². The number of para-hydroxylation sites is 1. The molecule has 1 amide bonds. The average molecular weight is 421 g/mol. The third kappa shape index (κ3) is 6.27. The van der Waals surface area contributed by atoms with Crippen molar-refractivity contribution in [1.29, 1.82) is 0 Å². The van der Waals surface area contributed by atoms with Crippen molar-refractivity contribution in [2.45, 2.75) is 19.9 Å². The molecule has 0 aliphatic carbocycles. The van der Waals surface area contributed by atoms with Gasteiger partial charge >= 0.3 is 0 Å². The molecule has 6 nitrogen and oxygen atoms in total. The molecular weight excluding hydrogens is 392 g/mol. The number of hydrogen-bond acceptors (Lipinski definition) is 5. The number of rotatable bonds is 8. The largest absolute Gasteiger partial charge is 0.490 e. The van der Waals surface area contributed by atoms with Crippen LogP contribution in [0, 0.1) is 0 Å². The quantitative estimate of drug-likeness (QED) is 0.663. The molecule has 1 atom stereocenters. The monoisotopic (exact) mass is 420 g/mol. The van der Waals surface area contributed by atoms with Crippen LogP contribution in [0.2, 0.25) is 0 Å². The Kier molecular flexibility index (Phi) is 9.09. The molecule has 3 rings (SSSR count). The molecule has 1 heterocycles. The highest BCUT2D eigenvalue weighted by molar-refractivity contribution is 5.95. The van der Waals surface area contributed by atoms with Gasteiger partial charge in [-0.2, -0.15) is 0 Å². The molecule has 0 spiro atoms. The van der Waals surface area contributed by atoms with Crippen LogP contribution in [0.4, 0.5) is 0 Å². The molecule has 0 saturated carbocycles. The summed E-state index contributed by atoms with van der Waals surface area (Å²) < 4.78 is 17.2. The molecule has 0 aromatic heterocycles. The first-order chi connectivity index (χ1) is 13.7. The Bertz CT molecular complexity index is 773. The highest BCUT2D eigenvalue weighted by Crippen LogP contribution is 2.29. The summed E-state index contributed by atoms with van der Waals surface area (Å²) in [6.07, 6.45) is 0. The topological polar surface area (TPSA) is 60.0 Å². The van der Waals surface area contributed by atoms with Crippen molar-refractivity contribution in [1.82, 2.24) is 10.2 Å². The second-order valence-electron chi connectivity index (χ2n) is 6.66. The minimum atomic E-state index is 0. The number of hydrogen-bond donors (Lipinski definition) is 1. The highest BCUT2D eigenvalue weighted by Gasteiger charge is 2.24. The maximum absolute atomic E-state index is 12.9. The highest BCUT2D eigenvalue weighted by atomic mass is 35.5. The van der Waals surface area contributed by atoms with Gasteiger partial charge in [-0.1, -0.05) is 18.2 Å². The van der Waals surface area contributed by atoms with Crippen molar-refractivity contribution in [3.05, 3.63) is 54.1 Å². The molecule has 2 aromatic rings. The van der Waals surface area contributed by atoms with Crippen LogP contribution in [0.3, 0.4) is 0 Å². The maximum Gasteiger partial charge on any atom is 0.254 e. The number of nitrogens with one attached hydrogen (secondary N) is 1. The molecule has 1 aliphatic rings. The van der Waals surface area contributed by atoms with Crippen LogP contribution in [0.25, 0.3) is 0 Å². The number of benzene rings is 2. The summed E-state index contributed by atoms with van der Waals surface area (Å²) in [5.41, 5.74) is 0.616. The van der Waals surface area contributed by atoms with Crippen LogP contribution < -0.4 is 19.5 Å². The smallest absolute Gasteiger partial charge is 0.254 e. The van der Waals surface area contributed by atoms with Crippen LogP contribution in [0.15, 0.2) is 48.5 Å². The average Bonchev–Trinajstić information content (AvgIpc) is 2.73. The first-order valence-corrected chi connectivity index (χ1v) is 9.78. The lowest BCUT2D eigenvalue weighted by Crippen LogP contribution is -2.52. The fourth-order valence-electron chi connectivity index (χ4n) is 3.17. The van der Waals surface area contributed by atoms with Gasteiger partial charge in [0.2, 0.25) is 0 Å². The number of piperazine rings is 1. The third-order valence-electron chi connectivity index (χ3n) is 4.61. The minimum absolute atomic E-state index is 0. The van der Waals surface area contributed by atoms with Crippen molar-refractivity contribution >= 4 is 18.3 Å². The molecule has 158 valence electrons. The molecule has 7 heteroatoms. The van der Waals surface area contributed by atoms with E-state index in [4.69, 9.17) is 14.2 Å². The zero-order valence-electron chi connectivity index (χ0n) is 16.9. The number of ether oxygens (including phenoxy) is 3. The van der Waals surface area contributed by atoms with Crippen LogP contribution in [0.1, 0.15) is 24.2 Å². The summed E-state index contributed by atoms with van der Waals surface area (Å²) in [5.74, 6) is 2.02. The Morgan fingerprint density at radius 2 is 1.83 bits per heavy atom. The van der Waals surface area contributed by atoms with Crippen LogP contribution in [0.5, 0.6) is 17.2 Å². The van der Waals surface area contributed by atoms with Gasteiger partial charge in [0.15, 0.2) is 11.5 Å². The van der Waals surface area contributed by atoms with Crippen molar-refractivity contribution in [3.63, 3.8) is 0 Å². The van der Waals surface area contributed by atoms with E-state index >= 15 is 0 Å². The zero-order valence-corrected chi connectivity index (χ0v) is 17.7. The van der Waals surface area contributed by atoms with Gasteiger partial charge in [-0.05, 0) is 44.2 Å². The first kappa shape index (κ1) is 22.8. The third-order valence-corrected chi connectivity index (χ3v) is 4.61. The van der Waals surface area contributed by atoms with Crippen LogP contribution in [-0.2, 0) is 0 Å². The second kappa shape index (κ2) is 11.5. The van der Waals surface area contributed by atoms with E-state index < -0.39 is 0 Å². The summed E-state index contributed by atoms with van der Waals surface area (Å²) in [7, 11) is 0. The van der Waals surface area contributed by atoms with E-state index in [0.717, 1.165) is 18.8 Å². The standard InChI is InChI=1S/C22H28N2O4.ClH/c1-3-26-21-15-18(22(25)24-12-11-23-16-17(24)2)9-10-20(21)28-14-13-27-19-7-5-4-6-8-19;/h4-10,15,17,23H,3,11-14,16H2,1-2H3;1H/t17-;/m1./s1. The number of carbonyl (C=O) groups is 1. The fourth-order valence-corrected chi connectivity index (χ4v) is 3.17. The van der Waals surface area contributed by atoms with Gasteiger partial charge in [0.1, 0.15) is 19.0 Å². The number of halogens is 1. The van der Waals surface area contributed by atoms with Crippen molar-refractivity contribution in [2.75, 3.05) is 39.5 Å². The predicted molar refractivity (Wildman–Crippen MR) is 116 cm³/mol. The zero-order chi connectivity index (χ0) is 19.8. The normalized spacial score (nSPS) is 15.9. The fraction of sp³-hybridized carbons (Fsp3) is 0.409. The van der Waals surface area contributed by atoms with Gasteiger partial charge in [-0.3, -0.25) is 4.79 Å². The Morgan fingerprint density at radius 3 is 2.55 bits per heavy atom. The molecule has 1 fully saturated rings. The molecule has 2 aromatic carbocycles. The summed E-state index contributed by atoms with van der Waals surface area (Å²) in [5, 5.41) is 3.30. The van der Waals surface area contributed by atoms with Gasteiger partial charge in [0.05, 0.1) is 6.61 Å². The lowest BCUT2D eigenvalue weighted by molar-refractivity contribution is 0.0655. The number of amides is 1. The lowest BCUT2D eigenvalue weighted by atomic mass is 10.1. The maximum atomic E-state index is 12.9. The lowest BCUT2D eigenvalue weighted by Gasteiger charge is -2.34. The summed E-state index contributed by atoms with van der Waals surface area (Å²) in [6.45, 7) is 7.61. The molecule has 1 aliphatic heterocycles. The second-order valence-corrected chi connectivity index (χ2v) is 6.66. The number of carbonyl (C=O) groups excluding carboxylic acids is 1. The molecule has 1 saturated heterocycles. The van der Waals surface area contributed by atoms with E-state index in [1.165, 1.54) is 0 Å². The molecular formula is C22H29ClN2O4. The van der Waals surface area contributed by atoms with Crippen molar-refractivity contribution < 1.29 is 19.0 Å². The molecule has 0 unspecified atom stereocenters. The van der Waals surface area contributed by atoms with Gasteiger partial charge in [-0.15, -0.1) is 12.4 Å². The summed E-state index contributed by atoms with van der Waals surface area (Å²) in [4.78, 5) is 14.8. The van der Waals surface area contributed by atoms with Gasteiger partial charge < -0.3 is 24.4 Å². The SMILES string of the molecule is CCOc1cc(C(=O)N2CCNC[C@H]2C)ccc1OCCOc1ccccc1.Cl. The Labute approximate surface area is 178 Å². The number of nitrogens with zero attached hydrogens (tertiary/aromatic N) is 1. The summed E-state index contributed by atoms with van der Waals surface area (Å²) in [6, 6.07) is 15.2. The molecule has 29 heavy (non-hydrogen) atoms. The van der Waals surface area contributed by atoms with E-state index in [1.807, 2.05) is 42.2 Å². The van der Waals surface area contributed by atoms with Gasteiger partial charge in [0, 0.05) is 31.2 Å².